The first-order valence-corrected chi connectivity index (χ1v) is 13.6. The van der Waals surface area contributed by atoms with E-state index in [4.69, 9.17) is 23.7 Å². The molecular formula is C27H43NO8. The van der Waals surface area contributed by atoms with E-state index < -0.39 is 34.9 Å². The second kappa shape index (κ2) is 8.10. The number of methoxy groups -OCH3 is 4. The topological polar surface area (TPSA) is 107 Å². The highest BCUT2D eigenvalue weighted by Gasteiger charge is 2.92. The standard InChI is InChI=1S/C27H43NO8/c1-7-28-12-24(13-32-3)9-8-18(30)26-16-10-15-17(33-4)11-25(35-6,19(16)20(15)36-14(2)29)27(31,23(26)28)22(34-5)21(24)26/h15-23,30-31H,7-13H2,1-6H3/t15-,16-,17+,18+,19-,20+,21-,22+,23+,24+,25-,26+,27+/m1/s1. The number of rotatable bonds is 7. The van der Waals surface area contributed by atoms with Crippen LogP contribution in [0.1, 0.15) is 39.5 Å². The van der Waals surface area contributed by atoms with Gasteiger partial charge in [-0.05, 0) is 31.7 Å². The summed E-state index contributed by atoms with van der Waals surface area (Å²) in [6, 6.07) is -0.348. The highest BCUT2D eigenvalue weighted by molar-refractivity contribution is 5.66. The maximum Gasteiger partial charge on any atom is 0.302 e. The molecule has 6 fully saturated rings. The second-order valence-electron chi connectivity index (χ2n) is 12.5. The second-order valence-corrected chi connectivity index (χ2v) is 12.5. The van der Waals surface area contributed by atoms with Crippen molar-refractivity contribution in [3.8, 4) is 0 Å². The van der Waals surface area contributed by atoms with Crippen LogP contribution < -0.4 is 0 Å². The van der Waals surface area contributed by atoms with Crippen molar-refractivity contribution in [2.45, 2.75) is 81.2 Å². The summed E-state index contributed by atoms with van der Waals surface area (Å²) in [7, 11) is 6.77. The molecule has 1 spiro atoms. The van der Waals surface area contributed by atoms with Crippen LogP contribution in [0.3, 0.4) is 0 Å². The minimum absolute atomic E-state index is 0.0164. The Morgan fingerprint density at radius 3 is 2.50 bits per heavy atom. The Morgan fingerprint density at radius 2 is 1.92 bits per heavy atom. The first-order valence-electron chi connectivity index (χ1n) is 13.6. The normalized spacial score (nSPS) is 56.6. The SMILES string of the molecule is CCN1C[C@]2(COC)CC[C@H](O)[C@@]34[C@@H]5C[C@H]6[C@H](OC(C)=O)[C@@H]5[C@](OC)(C[C@@H]6OC)[C@](O)([C@@H](OC)[C@H]23)[C@@H]14. The summed E-state index contributed by atoms with van der Waals surface area (Å²) in [6.07, 6.45) is 0.828. The van der Waals surface area contributed by atoms with Crippen LogP contribution in [0.4, 0.5) is 0 Å². The number of carbonyl (C=O) groups excluding carboxylic acids is 1. The van der Waals surface area contributed by atoms with Gasteiger partial charge in [0.25, 0.3) is 0 Å². The van der Waals surface area contributed by atoms with Gasteiger partial charge < -0.3 is 33.9 Å². The summed E-state index contributed by atoms with van der Waals surface area (Å²) >= 11 is 0. The third kappa shape index (κ3) is 2.50. The van der Waals surface area contributed by atoms with Gasteiger partial charge in [0.1, 0.15) is 17.3 Å². The predicted molar refractivity (Wildman–Crippen MR) is 128 cm³/mol. The van der Waals surface area contributed by atoms with E-state index in [0.29, 0.717) is 19.4 Å². The van der Waals surface area contributed by atoms with Gasteiger partial charge in [-0.1, -0.05) is 6.92 Å². The van der Waals surface area contributed by atoms with Crippen LogP contribution in [0.2, 0.25) is 0 Å². The lowest BCUT2D eigenvalue weighted by atomic mass is 9.42. The Labute approximate surface area is 213 Å². The van der Waals surface area contributed by atoms with E-state index in [1.54, 1.807) is 28.4 Å². The maximum absolute atomic E-state index is 13.3. The smallest absolute Gasteiger partial charge is 0.302 e. The lowest BCUT2D eigenvalue weighted by molar-refractivity contribution is -0.324. The number of esters is 1. The molecule has 0 unspecified atom stereocenters. The molecule has 0 radical (unpaired) electrons. The minimum atomic E-state index is -1.44. The van der Waals surface area contributed by atoms with Gasteiger partial charge in [-0.3, -0.25) is 9.69 Å². The number of piperidine rings is 1. The largest absolute Gasteiger partial charge is 0.462 e. The van der Waals surface area contributed by atoms with Gasteiger partial charge in [0, 0.05) is 76.9 Å². The van der Waals surface area contributed by atoms with Crippen LogP contribution in [0, 0.1) is 34.5 Å². The van der Waals surface area contributed by atoms with Crippen molar-refractivity contribution < 1.29 is 38.7 Å². The van der Waals surface area contributed by atoms with Crippen LogP contribution >= 0.6 is 0 Å². The summed E-state index contributed by atoms with van der Waals surface area (Å²) in [5.74, 6) is -0.764. The molecule has 0 aromatic rings. The molecule has 7 bridgehead atoms. The van der Waals surface area contributed by atoms with Gasteiger partial charge in [0.2, 0.25) is 0 Å². The first kappa shape index (κ1) is 25.5. The van der Waals surface area contributed by atoms with Gasteiger partial charge >= 0.3 is 5.97 Å². The number of ether oxygens (including phenoxy) is 5. The fourth-order valence-corrected chi connectivity index (χ4v) is 11.4. The number of likely N-dealkylation sites (tertiary alicyclic amines) is 1. The molecule has 2 N–H and O–H groups in total. The highest BCUT2D eigenvalue weighted by atomic mass is 16.6. The molecule has 5 aliphatic carbocycles. The van der Waals surface area contributed by atoms with Crippen LogP contribution in [0.25, 0.3) is 0 Å². The molecule has 13 atom stereocenters. The van der Waals surface area contributed by atoms with Gasteiger partial charge in [-0.15, -0.1) is 0 Å². The summed E-state index contributed by atoms with van der Waals surface area (Å²) in [4.78, 5) is 14.7. The number of aliphatic hydroxyl groups is 2. The van der Waals surface area contributed by atoms with Crippen molar-refractivity contribution in [2.75, 3.05) is 48.1 Å². The van der Waals surface area contributed by atoms with Gasteiger partial charge in [0.05, 0.1) is 31.0 Å². The lowest BCUT2D eigenvalue weighted by Crippen LogP contribution is -2.82. The zero-order chi connectivity index (χ0) is 25.8. The van der Waals surface area contributed by atoms with E-state index in [-0.39, 0.29) is 47.2 Å². The van der Waals surface area contributed by atoms with Crippen LogP contribution in [-0.4, -0.2) is 111 Å². The summed E-state index contributed by atoms with van der Waals surface area (Å²) in [5.41, 5.74) is -3.41. The molecule has 1 heterocycles. The summed E-state index contributed by atoms with van der Waals surface area (Å²) in [5, 5.41) is 25.4. The first-order chi connectivity index (χ1) is 17.2. The fraction of sp³-hybridized carbons (Fsp3) is 0.963. The summed E-state index contributed by atoms with van der Waals surface area (Å²) in [6.45, 7) is 5.63. The number of carbonyl (C=O) groups is 1. The molecular weight excluding hydrogens is 466 g/mol. The molecule has 1 aliphatic heterocycles. The lowest BCUT2D eigenvalue weighted by Gasteiger charge is -2.70. The molecule has 0 aromatic carbocycles. The molecule has 9 nitrogen and oxygen atoms in total. The van der Waals surface area contributed by atoms with Crippen LogP contribution in [0.5, 0.6) is 0 Å². The van der Waals surface area contributed by atoms with Crippen molar-refractivity contribution in [1.29, 1.82) is 0 Å². The van der Waals surface area contributed by atoms with Crippen LogP contribution in [-0.2, 0) is 28.5 Å². The van der Waals surface area contributed by atoms with E-state index in [1.165, 1.54) is 6.92 Å². The van der Waals surface area contributed by atoms with Crippen molar-refractivity contribution in [3.05, 3.63) is 0 Å². The van der Waals surface area contributed by atoms with Gasteiger partial charge in [-0.2, -0.15) is 0 Å². The summed E-state index contributed by atoms with van der Waals surface area (Å²) < 4.78 is 30.8. The van der Waals surface area contributed by atoms with Crippen molar-refractivity contribution in [3.63, 3.8) is 0 Å². The van der Waals surface area contributed by atoms with Crippen LogP contribution in [0.15, 0.2) is 0 Å². The minimum Gasteiger partial charge on any atom is -0.462 e. The Bertz CT molecular complexity index is 918. The third-order valence-electron chi connectivity index (χ3n) is 11.8. The average molecular weight is 510 g/mol. The van der Waals surface area contributed by atoms with E-state index in [2.05, 4.69) is 11.8 Å². The molecule has 0 amide bonds. The molecule has 204 valence electrons. The monoisotopic (exact) mass is 509 g/mol. The van der Waals surface area contributed by atoms with Gasteiger partial charge in [0.15, 0.2) is 0 Å². The number of fused-ring (bicyclic) bond motifs is 2. The van der Waals surface area contributed by atoms with E-state index in [1.807, 2.05) is 0 Å². The molecule has 36 heavy (non-hydrogen) atoms. The quantitative estimate of drug-likeness (QED) is 0.483. The molecule has 9 heteroatoms. The van der Waals surface area contributed by atoms with Gasteiger partial charge in [-0.25, -0.2) is 0 Å². The van der Waals surface area contributed by atoms with E-state index in [9.17, 15) is 15.0 Å². The number of aliphatic hydroxyl groups excluding tert-OH is 1. The number of nitrogens with zero attached hydrogens (tertiary/aromatic N) is 1. The third-order valence-corrected chi connectivity index (χ3v) is 11.8. The highest BCUT2D eigenvalue weighted by Crippen LogP contribution is 2.80. The molecule has 0 aromatic heterocycles. The Morgan fingerprint density at radius 1 is 1.17 bits per heavy atom. The zero-order valence-corrected chi connectivity index (χ0v) is 22.4. The van der Waals surface area contributed by atoms with E-state index in [0.717, 1.165) is 25.9 Å². The maximum atomic E-state index is 13.3. The van der Waals surface area contributed by atoms with Crippen molar-refractivity contribution in [1.82, 2.24) is 4.90 Å². The number of hydrogen-bond donors (Lipinski definition) is 2. The van der Waals surface area contributed by atoms with Crippen molar-refractivity contribution in [2.24, 2.45) is 34.5 Å². The Kier molecular flexibility index (Phi) is 5.73. The molecule has 6 rings (SSSR count). The molecule has 1 saturated heterocycles. The molecule has 6 aliphatic rings. The Hall–Kier alpha value is -0.810. The predicted octanol–water partition coefficient (Wildman–Crippen LogP) is 0.842. The number of likely N-dealkylation sites (N-methyl/N-ethyl adjacent to an activating group) is 1. The fourth-order valence-electron chi connectivity index (χ4n) is 11.4. The zero-order valence-electron chi connectivity index (χ0n) is 22.4. The number of hydrogen-bond acceptors (Lipinski definition) is 9. The Balaban J connectivity index is 1.67. The average Bonchev–Trinajstić information content (AvgIpc) is 3.22. The van der Waals surface area contributed by atoms with Crippen molar-refractivity contribution >= 4 is 5.97 Å². The van der Waals surface area contributed by atoms with E-state index >= 15 is 0 Å². The molecule has 5 saturated carbocycles.